The van der Waals surface area contributed by atoms with Gasteiger partial charge in [0.1, 0.15) is 0 Å². The van der Waals surface area contributed by atoms with Crippen LogP contribution in [0.25, 0.3) is 0 Å². The highest BCUT2D eigenvalue weighted by Crippen LogP contribution is 2.40. The standard InChI is InChI=1S/C12H15Cl/c1-9(10-5-4-6-10)11-7-2-3-8-12(11)13/h2-3,7-10H,4-6H2,1H3/t9-/m0/s1. The molecule has 1 aromatic carbocycles. The molecule has 1 aliphatic rings. The summed E-state index contributed by atoms with van der Waals surface area (Å²) in [5.41, 5.74) is 1.33. The summed E-state index contributed by atoms with van der Waals surface area (Å²) in [6, 6.07) is 8.23. The SMILES string of the molecule is C[C@H](c1ccccc1Cl)C1CCC1. The lowest BCUT2D eigenvalue weighted by Crippen LogP contribution is -2.18. The second-order valence-corrected chi connectivity index (χ2v) is 4.41. The van der Waals surface area contributed by atoms with E-state index >= 15 is 0 Å². The predicted octanol–water partition coefficient (Wildman–Crippen LogP) is 4.24. The summed E-state index contributed by atoms with van der Waals surface area (Å²) in [6.07, 6.45) is 4.16. The van der Waals surface area contributed by atoms with E-state index in [0.717, 1.165) is 10.9 Å². The lowest BCUT2D eigenvalue weighted by atomic mass is 9.74. The Morgan fingerprint density at radius 2 is 2.00 bits per heavy atom. The van der Waals surface area contributed by atoms with Crippen molar-refractivity contribution in [1.82, 2.24) is 0 Å². The zero-order chi connectivity index (χ0) is 9.26. The minimum Gasteiger partial charge on any atom is -0.0840 e. The first-order chi connectivity index (χ1) is 6.29. The first-order valence-corrected chi connectivity index (χ1v) is 5.41. The first kappa shape index (κ1) is 9.08. The topological polar surface area (TPSA) is 0 Å². The van der Waals surface area contributed by atoms with E-state index < -0.39 is 0 Å². The predicted molar refractivity (Wildman–Crippen MR) is 57.2 cm³/mol. The quantitative estimate of drug-likeness (QED) is 0.661. The van der Waals surface area contributed by atoms with Crippen molar-refractivity contribution in [3.8, 4) is 0 Å². The van der Waals surface area contributed by atoms with Gasteiger partial charge in [0.2, 0.25) is 0 Å². The Labute approximate surface area is 84.9 Å². The molecule has 2 rings (SSSR count). The Hall–Kier alpha value is -0.490. The van der Waals surface area contributed by atoms with E-state index in [1.807, 2.05) is 12.1 Å². The van der Waals surface area contributed by atoms with Crippen LogP contribution in [0.2, 0.25) is 5.02 Å². The minimum absolute atomic E-state index is 0.641. The van der Waals surface area contributed by atoms with Crippen molar-refractivity contribution in [1.29, 1.82) is 0 Å². The Kier molecular flexibility index (Phi) is 2.59. The van der Waals surface area contributed by atoms with Crippen LogP contribution in [0, 0.1) is 5.92 Å². The normalized spacial score (nSPS) is 19.5. The Bertz CT molecular complexity index is 289. The van der Waals surface area contributed by atoms with Gasteiger partial charge in [-0.2, -0.15) is 0 Å². The smallest absolute Gasteiger partial charge is 0.0440 e. The van der Waals surface area contributed by atoms with Crippen molar-refractivity contribution in [2.24, 2.45) is 5.92 Å². The van der Waals surface area contributed by atoms with Gasteiger partial charge in [-0.3, -0.25) is 0 Å². The van der Waals surface area contributed by atoms with Crippen LogP contribution in [0.15, 0.2) is 24.3 Å². The van der Waals surface area contributed by atoms with Crippen LogP contribution in [0.4, 0.5) is 0 Å². The molecule has 13 heavy (non-hydrogen) atoms. The second-order valence-electron chi connectivity index (χ2n) is 4.00. The lowest BCUT2D eigenvalue weighted by Gasteiger charge is -2.32. The average Bonchev–Trinajstić information content (AvgIpc) is 2.01. The second kappa shape index (κ2) is 3.71. The van der Waals surface area contributed by atoms with Gasteiger partial charge in [-0.25, -0.2) is 0 Å². The van der Waals surface area contributed by atoms with Gasteiger partial charge in [0.15, 0.2) is 0 Å². The summed E-state index contributed by atoms with van der Waals surface area (Å²) in [5.74, 6) is 1.52. The van der Waals surface area contributed by atoms with Gasteiger partial charge >= 0.3 is 0 Å². The molecular weight excluding hydrogens is 180 g/mol. The summed E-state index contributed by atoms with van der Waals surface area (Å²) >= 11 is 6.14. The summed E-state index contributed by atoms with van der Waals surface area (Å²) in [6.45, 7) is 2.30. The van der Waals surface area contributed by atoms with Crippen LogP contribution in [0.3, 0.4) is 0 Å². The molecule has 0 heterocycles. The average molecular weight is 195 g/mol. The van der Waals surface area contributed by atoms with E-state index in [1.54, 1.807) is 0 Å². The van der Waals surface area contributed by atoms with Gasteiger partial charge in [-0.1, -0.05) is 43.1 Å². The van der Waals surface area contributed by atoms with Crippen LogP contribution in [0.1, 0.15) is 37.7 Å². The zero-order valence-corrected chi connectivity index (χ0v) is 8.72. The van der Waals surface area contributed by atoms with Crippen molar-refractivity contribution >= 4 is 11.6 Å². The first-order valence-electron chi connectivity index (χ1n) is 5.03. The van der Waals surface area contributed by atoms with Gasteiger partial charge < -0.3 is 0 Å². The number of hydrogen-bond acceptors (Lipinski definition) is 0. The third kappa shape index (κ3) is 1.73. The molecule has 70 valence electrons. The molecule has 1 atom stereocenters. The fraction of sp³-hybridized carbons (Fsp3) is 0.500. The van der Waals surface area contributed by atoms with Crippen LogP contribution < -0.4 is 0 Å². The van der Waals surface area contributed by atoms with Crippen molar-refractivity contribution in [3.05, 3.63) is 34.9 Å². The summed E-state index contributed by atoms with van der Waals surface area (Å²) in [7, 11) is 0. The van der Waals surface area contributed by atoms with E-state index in [2.05, 4.69) is 19.1 Å². The Morgan fingerprint density at radius 3 is 2.54 bits per heavy atom. The maximum absolute atomic E-state index is 6.14. The van der Waals surface area contributed by atoms with E-state index in [4.69, 9.17) is 11.6 Å². The number of benzene rings is 1. The Balaban J connectivity index is 2.18. The molecular formula is C12H15Cl. The van der Waals surface area contributed by atoms with E-state index in [9.17, 15) is 0 Å². The zero-order valence-electron chi connectivity index (χ0n) is 7.96. The van der Waals surface area contributed by atoms with Gasteiger partial charge in [-0.05, 0) is 36.3 Å². The molecule has 1 fully saturated rings. The van der Waals surface area contributed by atoms with Crippen molar-refractivity contribution in [2.75, 3.05) is 0 Å². The van der Waals surface area contributed by atoms with E-state index in [0.29, 0.717) is 5.92 Å². The maximum Gasteiger partial charge on any atom is 0.0440 e. The molecule has 1 heteroatoms. The van der Waals surface area contributed by atoms with E-state index in [1.165, 1.54) is 24.8 Å². The van der Waals surface area contributed by atoms with Crippen LogP contribution >= 0.6 is 11.6 Å². The molecule has 0 bridgehead atoms. The van der Waals surface area contributed by atoms with Crippen LogP contribution in [-0.2, 0) is 0 Å². The molecule has 0 N–H and O–H groups in total. The molecule has 1 aromatic rings. The largest absolute Gasteiger partial charge is 0.0840 e. The summed E-state index contributed by atoms with van der Waals surface area (Å²) < 4.78 is 0. The van der Waals surface area contributed by atoms with Crippen LogP contribution in [0.5, 0.6) is 0 Å². The molecule has 1 aliphatic carbocycles. The van der Waals surface area contributed by atoms with Crippen molar-refractivity contribution in [2.45, 2.75) is 32.1 Å². The lowest BCUT2D eigenvalue weighted by molar-refractivity contribution is 0.272. The third-order valence-corrected chi connectivity index (χ3v) is 3.60. The third-order valence-electron chi connectivity index (χ3n) is 3.25. The fourth-order valence-electron chi connectivity index (χ4n) is 2.04. The van der Waals surface area contributed by atoms with E-state index in [-0.39, 0.29) is 0 Å². The highest BCUT2D eigenvalue weighted by molar-refractivity contribution is 6.31. The van der Waals surface area contributed by atoms with Crippen LogP contribution in [-0.4, -0.2) is 0 Å². The summed E-state index contributed by atoms with van der Waals surface area (Å²) in [4.78, 5) is 0. The number of hydrogen-bond donors (Lipinski definition) is 0. The number of rotatable bonds is 2. The monoisotopic (exact) mass is 194 g/mol. The maximum atomic E-state index is 6.14. The molecule has 0 spiro atoms. The minimum atomic E-state index is 0.641. The molecule has 0 unspecified atom stereocenters. The van der Waals surface area contributed by atoms with Gasteiger partial charge in [0.05, 0.1) is 0 Å². The van der Waals surface area contributed by atoms with Crippen molar-refractivity contribution < 1.29 is 0 Å². The molecule has 0 aromatic heterocycles. The van der Waals surface area contributed by atoms with Gasteiger partial charge in [0, 0.05) is 5.02 Å². The molecule has 0 aliphatic heterocycles. The van der Waals surface area contributed by atoms with Crippen molar-refractivity contribution in [3.63, 3.8) is 0 Å². The molecule has 0 amide bonds. The molecule has 0 nitrogen and oxygen atoms in total. The van der Waals surface area contributed by atoms with Gasteiger partial charge in [0.25, 0.3) is 0 Å². The molecule has 0 radical (unpaired) electrons. The number of halogens is 1. The fourth-order valence-corrected chi connectivity index (χ4v) is 2.35. The molecule has 1 saturated carbocycles. The summed E-state index contributed by atoms with van der Waals surface area (Å²) in [5, 5.41) is 0.932. The highest BCUT2D eigenvalue weighted by Gasteiger charge is 2.25. The highest BCUT2D eigenvalue weighted by atomic mass is 35.5. The van der Waals surface area contributed by atoms with Gasteiger partial charge in [-0.15, -0.1) is 0 Å². The Morgan fingerprint density at radius 1 is 1.31 bits per heavy atom. The molecule has 0 saturated heterocycles.